The normalized spacial score (nSPS) is 15.1. The molecule has 1 aliphatic rings. The monoisotopic (exact) mass is 1090 g/mol. The molecule has 78 heavy (non-hydrogen) atoms. The topological polar surface area (TPSA) is 318 Å². The van der Waals surface area contributed by atoms with Gasteiger partial charge in [0.25, 0.3) is 0 Å². The lowest BCUT2D eigenvalue weighted by molar-refractivity contribution is -0.143. The number of rotatable bonds is 38. The first-order valence-electron chi connectivity index (χ1n) is 28.6. The summed E-state index contributed by atoms with van der Waals surface area (Å²) in [6, 6.07) is -0.509. The molecule has 436 valence electrons. The van der Waals surface area contributed by atoms with E-state index in [1.807, 2.05) is 13.8 Å². The van der Waals surface area contributed by atoms with Gasteiger partial charge in [0.05, 0.1) is 0 Å². The molecule has 8 amide bonds. The van der Waals surface area contributed by atoms with Gasteiger partial charge in [-0.3, -0.25) is 43.2 Å². The van der Waals surface area contributed by atoms with E-state index < -0.39 is 95.6 Å². The van der Waals surface area contributed by atoms with Crippen LogP contribution in [-0.2, 0) is 43.2 Å². The number of anilines is 1. The third kappa shape index (κ3) is 24.5. The van der Waals surface area contributed by atoms with E-state index in [4.69, 9.17) is 15.3 Å². The molecular weight excluding hydrogens is 1000 g/mol. The van der Waals surface area contributed by atoms with Crippen LogP contribution < -0.4 is 48.6 Å². The first-order chi connectivity index (χ1) is 37.2. The summed E-state index contributed by atoms with van der Waals surface area (Å²) in [6.07, 6.45) is 16.0. The lowest BCUT2D eigenvalue weighted by Crippen LogP contribution is -2.59. The van der Waals surface area contributed by atoms with E-state index in [2.05, 4.69) is 44.1 Å². The number of hydrogen-bond acceptors (Lipinski definition) is 12. The van der Waals surface area contributed by atoms with Crippen molar-refractivity contribution < 1.29 is 52.7 Å². The van der Waals surface area contributed by atoms with Crippen LogP contribution in [0.3, 0.4) is 0 Å². The van der Waals surface area contributed by atoms with Gasteiger partial charge in [-0.05, 0) is 115 Å². The predicted octanol–water partition coefficient (Wildman–Crippen LogP) is 5.52. The molecule has 3 rings (SSSR count). The zero-order valence-electron chi connectivity index (χ0n) is 47.2. The average molecular weight is 1090 g/mol. The summed E-state index contributed by atoms with van der Waals surface area (Å²) in [4.78, 5) is 133. The van der Waals surface area contributed by atoms with Crippen molar-refractivity contribution in [1.29, 1.82) is 0 Å². The number of nitrogens with zero attached hydrogens (tertiary/aromatic N) is 1. The molecule has 0 unspecified atom stereocenters. The van der Waals surface area contributed by atoms with Gasteiger partial charge >= 0.3 is 11.6 Å². The molecule has 0 bridgehead atoms. The highest BCUT2D eigenvalue weighted by atomic mass is 16.4. The summed E-state index contributed by atoms with van der Waals surface area (Å²) in [6.45, 7) is 11.1. The molecule has 1 aromatic carbocycles. The molecule has 1 fully saturated rings. The van der Waals surface area contributed by atoms with Crippen LogP contribution in [0.25, 0.3) is 11.0 Å². The molecule has 2 aromatic rings. The summed E-state index contributed by atoms with van der Waals surface area (Å²) in [5.41, 5.74) is 6.57. The Morgan fingerprint density at radius 2 is 1.29 bits per heavy atom. The maximum absolute atomic E-state index is 14.3. The third-order valence-corrected chi connectivity index (χ3v) is 13.9. The molecule has 6 atom stereocenters. The van der Waals surface area contributed by atoms with E-state index >= 15 is 0 Å². The fourth-order valence-electron chi connectivity index (χ4n) is 9.60. The Hall–Kier alpha value is -6.38. The summed E-state index contributed by atoms with van der Waals surface area (Å²) in [5.74, 6) is -5.73. The number of likely N-dealkylation sites (tertiary alicyclic amines) is 1. The largest absolute Gasteiger partial charge is 0.481 e. The molecule has 0 saturated carbocycles. The Labute approximate surface area is 460 Å². The van der Waals surface area contributed by atoms with Gasteiger partial charge in [-0.1, -0.05) is 85.0 Å². The fourth-order valence-corrected chi connectivity index (χ4v) is 9.60. The molecule has 0 radical (unpaired) electrons. The lowest BCUT2D eigenvalue weighted by atomic mass is 10.0. The van der Waals surface area contributed by atoms with Crippen molar-refractivity contribution >= 4 is 69.9 Å². The van der Waals surface area contributed by atoms with Gasteiger partial charge in [-0.25, -0.2) is 4.79 Å². The Bertz CT molecular complexity index is 2340. The van der Waals surface area contributed by atoms with Gasteiger partial charge in [0.15, 0.2) is 0 Å². The molecule has 2 heterocycles. The number of nitrogens with two attached hydrogens (primary N) is 1. The molecule has 10 N–H and O–H groups in total. The van der Waals surface area contributed by atoms with E-state index in [9.17, 15) is 47.9 Å². The number of aliphatic carboxylic acids is 1. The Kier molecular flexibility index (Phi) is 30.3. The van der Waals surface area contributed by atoms with Gasteiger partial charge in [0.1, 0.15) is 41.8 Å². The highest BCUT2D eigenvalue weighted by molar-refractivity contribution is 6.00. The maximum Gasteiger partial charge on any atom is 0.336 e. The minimum atomic E-state index is -1.22. The highest BCUT2D eigenvalue weighted by Gasteiger charge is 2.40. The summed E-state index contributed by atoms with van der Waals surface area (Å²) in [5, 5.41) is 28.9. The van der Waals surface area contributed by atoms with E-state index in [1.54, 1.807) is 19.1 Å². The van der Waals surface area contributed by atoms with Crippen molar-refractivity contribution in [3.05, 3.63) is 40.2 Å². The first-order valence-corrected chi connectivity index (χ1v) is 28.6. The number of carboxylic acids is 1. The maximum atomic E-state index is 14.3. The van der Waals surface area contributed by atoms with Gasteiger partial charge in [0, 0.05) is 56.1 Å². The zero-order valence-corrected chi connectivity index (χ0v) is 47.2. The van der Waals surface area contributed by atoms with Crippen LogP contribution in [-0.4, -0.2) is 119 Å². The number of carbonyl (C=O) groups is 9. The summed E-state index contributed by atoms with van der Waals surface area (Å²) >= 11 is 0. The van der Waals surface area contributed by atoms with E-state index in [1.165, 1.54) is 82.2 Å². The van der Waals surface area contributed by atoms with Gasteiger partial charge < -0.3 is 57.4 Å². The van der Waals surface area contributed by atoms with Gasteiger partial charge in [0.2, 0.25) is 47.3 Å². The van der Waals surface area contributed by atoms with E-state index in [0.29, 0.717) is 68.3 Å². The molecule has 1 aliphatic heterocycles. The second-order valence-electron chi connectivity index (χ2n) is 21.3. The predicted molar refractivity (Wildman–Crippen MR) is 299 cm³/mol. The van der Waals surface area contributed by atoms with Crippen molar-refractivity contribution in [2.45, 2.75) is 225 Å². The summed E-state index contributed by atoms with van der Waals surface area (Å²) < 4.78 is 5.40. The van der Waals surface area contributed by atoms with Crippen molar-refractivity contribution in [1.82, 2.24) is 36.8 Å². The SMILES string of the molecule is CCCCCCCCCCCCCC(=O)NCCCC[C@H](NC(=O)[C@H](CCCCN)NC(=O)[C@@H]1CCCN1C(=O)[C@H](CC(C)C)NC(=O)[C@H](C)NC(=O)[C@H](CCC(=O)O)NC(C)=O)C(=O)Nc1ccc2c(C)cc(=O)oc2c1. The highest BCUT2D eigenvalue weighted by Crippen LogP contribution is 2.23. The van der Waals surface area contributed by atoms with Crippen molar-refractivity contribution in [3.8, 4) is 0 Å². The van der Waals surface area contributed by atoms with Crippen LogP contribution in [0.2, 0.25) is 0 Å². The summed E-state index contributed by atoms with van der Waals surface area (Å²) in [7, 11) is 0. The van der Waals surface area contributed by atoms with E-state index in [0.717, 1.165) is 19.3 Å². The number of carboxylic acid groups (broad SMARTS) is 1. The first kappa shape index (κ1) is 65.9. The molecule has 21 nitrogen and oxygen atoms in total. The minimum absolute atomic E-state index is 0.0349. The molecule has 0 aliphatic carbocycles. The second kappa shape index (κ2) is 35.9. The van der Waals surface area contributed by atoms with Crippen LogP contribution >= 0.6 is 0 Å². The molecule has 0 spiro atoms. The number of amides is 8. The molecule has 21 heteroatoms. The number of unbranched alkanes of at least 4 members (excludes halogenated alkanes) is 12. The van der Waals surface area contributed by atoms with Crippen LogP contribution in [0, 0.1) is 12.8 Å². The number of benzene rings is 1. The standard InChI is InChI=1S/C57H91N9O12/c1-7-8-9-10-11-12-13-14-15-16-17-26-49(68)59-32-21-19-24-43(54(74)62-41-27-28-42-38(4)35-51(71)78-48(42)36-41)63-55(75)44(23-18-20-31-58)64-56(76)47-25-22-33-66(47)57(77)46(34-37(2)3)65-52(72)39(5)60-53(73)45(61-40(6)67)29-30-50(69)70/h27-28,35-37,39,43-47H,7-26,29-34,58H2,1-6H3,(H,59,68)(H,60,73)(H,61,67)(H,62,74)(H,63,75)(H,64,76)(H,65,72)(H,69,70)/t39-,43-,44-,45-,46-,47-/m0/s1. The number of hydrogen-bond donors (Lipinski definition) is 9. The number of carbonyl (C=O) groups excluding carboxylic acids is 8. The second-order valence-corrected chi connectivity index (χ2v) is 21.3. The van der Waals surface area contributed by atoms with Crippen LogP contribution in [0.1, 0.15) is 188 Å². The lowest BCUT2D eigenvalue weighted by Gasteiger charge is -2.31. The molecule has 1 aromatic heterocycles. The van der Waals surface area contributed by atoms with Crippen LogP contribution in [0.5, 0.6) is 0 Å². The fraction of sp³-hybridized carbons (Fsp3) is 0.684. The van der Waals surface area contributed by atoms with Gasteiger partial charge in [-0.2, -0.15) is 0 Å². The smallest absolute Gasteiger partial charge is 0.336 e. The van der Waals surface area contributed by atoms with Crippen LogP contribution in [0.4, 0.5) is 5.69 Å². The number of fused-ring (bicyclic) bond motifs is 1. The zero-order chi connectivity index (χ0) is 57.6. The van der Waals surface area contributed by atoms with E-state index in [-0.39, 0.29) is 56.1 Å². The molecular formula is C57H91N9O12. The van der Waals surface area contributed by atoms with Crippen molar-refractivity contribution in [2.24, 2.45) is 11.7 Å². The number of aryl methyl sites for hydroxylation is 1. The Morgan fingerprint density at radius 1 is 0.692 bits per heavy atom. The Morgan fingerprint density at radius 3 is 1.92 bits per heavy atom. The van der Waals surface area contributed by atoms with Crippen molar-refractivity contribution in [3.63, 3.8) is 0 Å². The molecule has 1 saturated heterocycles. The van der Waals surface area contributed by atoms with Gasteiger partial charge in [-0.15, -0.1) is 0 Å². The average Bonchev–Trinajstić information content (AvgIpc) is 3.91. The van der Waals surface area contributed by atoms with Crippen LogP contribution in [0.15, 0.2) is 33.5 Å². The quantitative estimate of drug-likeness (QED) is 0.0296. The van der Waals surface area contributed by atoms with Crippen molar-refractivity contribution in [2.75, 3.05) is 25.0 Å². The minimum Gasteiger partial charge on any atom is -0.481 e. The Balaban J connectivity index is 1.72. The number of nitrogens with one attached hydrogen (secondary N) is 7. The third-order valence-electron chi connectivity index (χ3n) is 13.9.